The summed E-state index contributed by atoms with van der Waals surface area (Å²) in [5, 5.41) is 1.61. The number of primary amides is 1. The highest BCUT2D eigenvalue weighted by atomic mass is 19.3. The number of alkyl halides is 2. The van der Waals surface area contributed by atoms with Crippen LogP contribution in [0.3, 0.4) is 0 Å². The number of halogens is 2. The zero-order chi connectivity index (χ0) is 21.4. The van der Waals surface area contributed by atoms with E-state index in [1.165, 1.54) is 12.1 Å². The molecule has 0 spiro atoms. The van der Waals surface area contributed by atoms with Gasteiger partial charge in [0.05, 0.1) is 11.0 Å². The van der Waals surface area contributed by atoms with Crippen molar-refractivity contribution in [3.05, 3.63) is 77.4 Å². The molecule has 1 aromatic heterocycles. The molecule has 1 heterocycles. The van der Waals surface area contributed by atoms with Crippen LogP contribution in [-0.2, 0) is 6.54 Å². The molecular formula is C24H21F2N2O2. The highest BCUT2D eigenvalue weighted by molar-refractivity contribution is 6.17. The van der Waals surface area contributed by atoms with Crippen LogP contribution in [0.25, 0.3) is 21.8 Å². The molecule has 1 radical (unpaired) electrons. The summed E-state index contributed by atoms with van der Waals surface area (Å²) in [6.45, 7) is 1.86. The number of benzene rings is 3. The minimum absolute atomic E-state index is 0.113. The van der Waals surface area contributed by atoms with Crippen molar-refractivity contribution < 1.29 is 18.3 Å². The van der Waals surface area contributed by atoms with E-state index in [4.69, 9.17) is 5.73 Å². The van der Waals surface area contributed by atoms with Gasteiger partial charge in [0.15, 0.2) is 0 Å². The van der Waals surface area contributed by atoms with E-state index in [0.29, 0.717) is 18.0 Å². The average Bonchev–Trinajstić information content (AvgIpc) is 3.02. The van der Waals surface area contributed by atoms with E-state index >= 15 is 0 Å². The van der Waals surface area contributed by atoms with Crippen LogP contribution < -0.4 is 10.5 Å². The van der Waals surface area contributed by atoms with Gasteiger partial charge in [-0.05, 0) is 53.4 Å². The van der Waals surface area contributed by atoms with E-state index in [9.17, 15) is 13.6 Å². The Labute approximate surface area is 172 Å². The zero-order valence-corrected chi connectivity index (χ0v) is 16.7. The van der Waals surface area contributed by atoms with Crippen molar-refractivity contribution in [2.75, 3.05) is 0 Å². The third-order valence-electron chi connectivity index (χ3n) is 5.24. The number of rotatable bonds is 6. The fraction of sp³-hybridized carbons (Fsp3) is 0.208. The number of amides is 1. The normalized spacial score (nSPS) is 11.7. The first kappa shape index (κ1) is 19.9. The fourth-order valence-corrected chi connectivity index (χ4v) is 3.74. The van der Waals surface area contributed by atoms with Gasteiger partial charge in [0.25, 0.3) is 0 Å². The van der Waals surface area contributed by atoms with Gasteiger partial charge in [0.1, 0.15) is 5.75 Å². The first-order chi connectivity index (χ1) is 14.3. The number of nitrogens with two attached hydrogens (primary N) is 1. The lowest BCUT2D eigenvalue weighted by Crippen LogP contribution is -2.11. The van der Waals surface area contributed by atoms with Crippen molar-refractivity contribution >= 4 is 27.7 Å². The van der Waals surface area contributed by atoms with Gasteiger partial charge < -0.3 is 15.0 Å². The lowest BCUT2D eigenvalue weighted by Gasteiger charge is -2.11. The average molecular weight is 407 g/mol. The number of nitrogens with zero attached hydrogens (tertiary/aromatic N) is 1. The quantitative estimate of drug-likeness (QED) is 0.461. The Hall–Kier alpha value is -3.41. The molecule has 0 bridgehead atoms. The van der Waals surface area contributed by atoms with Crippen LogP contribution in [0.15, 0.2) is 54.6 Å². The maximum atomic E-state index is 12.4. The second kappa shape index (κ2) is 7.78. The number of aromatic nitrogens is 1. The number of ether oxygens (including phenoxy) is 1. The van der Waals surface area contributed by atoms with Crippen LogP contribution in [0.1, 0.15) is 41.3 Å². The highest BCUT2D eigenvalue weighted by Gasteiger charge is 2.17. The lowest BCUT2D eigenvalue weighted by atomic mass is 10.00. The van der Waals surface area contributed by atoms with Crippen LogP contribution in [0.4, 0.5) is 8.78 Å². The Morgan fingerprint density at radius 2 is 1.87 bits per heavy atom. The molecule has 4 rings (SSSR count). The number of carbonyl (C=O) groups is 1. The Kier molecular flexibility index (Phi) is 5.16. The van der Waals surface area contributed by atoms with E-state index in [2.05, 4.69) is 35.3 Å². The molecule has 153 valence electrons. The minimum atomic E-state index is -2.86. The molecule has 0 saturated carbocycles. The maximum Gasteiger partial charge on any atom is 0.387 e. The topological polar surface area (TPSA) is 57.2 Å². The summed E-state index contributed by atoms with van der Waals surface area (Å²) in [4.78, 5) is 12.1. The third-order valence-corrected chi connectivity index (χ3v) is 5.24. The molecule has 0 unspecified atom stereocenters. The van der Waals surface area contributed by atoms with Gasteiger partial charge >= 0.3 is 6.61 Å². The van der Waals surface area contributed by atoms with Crippen molar-refractivity contribution in [1.29, 1.82) is 0 Å². The summed E-state index contributed by atoms with van der Waals surface area (Å²) in [5.74, 6) is -0.0598. The SMILES string of the molecule is CC(C)c1c[c]c2c3c(C(N)=O)cccc3n(Cc3ccc(OC(F)F)cc3)c2c1. The molecular weight excluding hydrogens is 386 g/mol. The summed E-state index contributed by atoms with van der Waals surface area (Å²) in [5.41, 5.74) is 9.93. The molecule has 1 amide bonds. The van der Waals surface area contributed by atoms with Gasteiger partial charge in [-0.2, -0.15) is 8.78 Å². The third kappa shape index (κ3) is 3.61. The predicted octanol–water partition coefficient (Wildman–Crippen LogP) is 5.47. The molecule has 0 aliphatic rings. The van der Waals surface area contributed by atoms with Gasteiger partial charge in [-0.25, -0.2) is 0 Å². The smallest absolute Gasteiger partial charge is 0.387 e. The van der Waals surface area contributed by atoms with E-state index in [1.807, 2.05) is 12.1 Å². The summed E-state index contributed by atoms with van der Waals surface area (Å²) in [7, 11) is 0. The molecule has 0 aliphatic carbocycles. The molecule has 4 nitrogen and oxygen atoms in total. The number of fused-ring (bicyclic) bond motifs is 3. The highest BCUT2D eigenvalue weighted by Crippen LogP contribution is 2.34. The Morgan fingerprint density at radius 1 is 1.13 bits per heavy atom. The van der Waals surface area contributed by atoms with Gasteiger partial charge in [0, 0.05) is 22.9 Å². The summed E-state index contributed by atoms with van der Waals surface area (Å²) < 4.78 is 31.4. The molecule has 4 aromatic rings. The van der Waals surface area contributed by atoms with Gasteiger partial charge in [-0.3, -0.25) is 4.79 Å². The summed E-state index contributed by atoms with van der Waals surface area (Å²) >= 11 is 0. The molecule has 0 aliphatic heterocycles. The largest absolute Gasteiger partial charge is 0.435 e. The molecule has 6 heteroatoms. The van der Waals surface area contributed by atoms with E-state index in [1.54, 1.807) is 24.3 Å². The lowest BCUT2D eigenvalue weighted by molar-refractivity contribution is -0.0498. The number of hydrogen-bond acceptors (Lipinski definition) is 2. The number of carbonyl (C=O) groups excluding carboxylic acids is 1. The molecule has 3 aromatic carbocycles. The monoisotopic (exact) mass is 407 g/mol. The van der Waals surface area contributed by atoms with Gasteiger partial charge in [0.2, 0.25) is 5.91 Å². The Morgan fingerprint density at radius 3 is 2.50 bits per heavy atom. The van der Waals surface area contributed by atoms with E-state index < -0.39 is 12.5 Å². The zero-order valence-electron chi connectivity index (χ0n) is 16.7. The molecule has 0 fully saturated rings. The van der Waals surface area contributed by atoms with E-state index in [-0.39, 0.29) is 5.75 Å². The maximum absolute atomic E-state index is 12.4. The van der Waals surface area contributed by atoms with Crippen molar-refractivity contribution in [2.45, 2.75) is 32.9 Å². The first-order valence-corrected chi connectivity index (χ1v) is 9.65. The predicted molar refractivity (Wildman–Crippen MR) is 113 cm³/mol. The molecule has 2 N–H and O–H groups in total. The second-order valence-electron chi connectivity index (χ2n) is 7.52. The fourth-order valence-electron chi connectivity index (χ4n) is 3.74. The molecule has 0 saturated heterocycles. The Bertz CT molecular complexity index is 1230. The summed E-state index contributed by atoms with van der Waals surface area (Å²) in [6.07, 6.45) is 0. The van der Waals surface area contributed by atoms with Crippen LogP contribution in [-0.4, -0.2) is 17.1 Å². The number of hydrogen-bond donors (Lipinski definition) is 1. The van der Waals surface area contributed by atoms with Crippen LogP contribution in [0.2, 0.25) is 0 Å². The van der Waals surface area contributed by atoms with Gasteiger partial charge in [-0.1, -0.05) is 38.1 Å². The minimum Gasteiger partial charge on any atom is -0.435 e. The molecule has 0 atom stereocenters. The van der Waals surface area contributed by atoms with Crippen LogP contribution in [0, 0.1) is 6.07 Å². The Balaban J connectivity index is 1.89. The van der Waals surface area contributed by atoms with Crippen molar-refractivity contribution in [1.82, 2.24) is 4.57 Å². The standard InChI is InChI=1S/C24H21F2N2O2/c1-14(2)16-8-11-18-21(12-16)28(20-5-3-4-19(22(18)20)23(27)29)13-15-6-9-17(10-7-15)30-24(25)26/h3-10,12,14,24H,13H2,1-2H3,(H2,27,29). The van der Waals surface area contributed by atoms with Crippen molar-refractivity contribution in [3.8, 4) is 5.75 Å². The van der Waals surface area contributed by atoms with Crippen molar-refractivity contribution in [3.63, 3.8) is 0 Å². The first-order valence-electron chi connectivity index (χ1n) is 9.65. The van der Waals surface area contributed by atoms with Crippen LogP contribution >= 0.6 is 0 Å². The summed E-state index contributed by atoms with van der Waals surface area (Å²) in [6, 6.07) is 19.4. The van der Waals surface area contributed by atoms with Crippen LogP contribution in [0.5, 0.6) is 5.75 Å². The van der Waals surface area contributed by atoms with Crippen molar-refractivity contribution in [2.24, 2.45) is 5.73 Å². The molecule has 30 heavy (non-hydrogen) atoms. The van der Waals surface area contributed by atoms with E-state index in [0.717, 1.165) is 32.9 Å². The van der Waals surface area contributed by atoms with Gasteiger partial charge in [-0.15, -0.1) is 0 Å². The second-order valence-corrected chi connectivity index (χ2v) is 7.52.